The zero-order valence-electron chi connectivity index (χ0n) is 23.9. The zero-order chi connectivity index (χ0) is 30.4. The van der Waals surface area contributed by atoms with Crippen molar-refractivity contribution in [2.24, 2.45) is 0 Å². The van der Waals surface area contributed by atoms with Gasteiger partial charge in [-0.15, -0.1) is 0 Å². The molecule has 1 heterocycles. The number of sulfonamides is 1. The van der Waals surface area contributed by atoms with Gasteiger partial charge in [0, 0.05) is 12.2 Å². The second-order valence-electron chi connectivity index (χ2n) is 10.3. The Balaban J connectivity index is 1.20. The van der Waals surface area contributed by atoms with Crippen LogP contribution >= 0.6 is 0 Å². The lowest BCUT2D eigenvalue weighted by molar-refractivity contribution is -0.128. The minimum absolute atomic E-state index is 0.0255. The van der Waals surface area contributed by atoms with Gasteiger partial charge in [0.2, 0.25) is 0 Å². The molecule has 0 aliphatic carbocycles. The Labute approximate surface area is 251 Å². The Kier molecular flexibility index (Phi) is 8.96. The molecular weight excluding hydrogens is 566 g/mol. The van der Waals surface area contributed by atoms with Crippen molar-refractivity contribution in [2.75, 3.05) is 29.3 Å². The Bertz CT molecular complexity index is 1690. The van der Waals surface area contributed by atoms with Gasteiger partial charge in [-0.1, -0.05) is 48.5 Å². The number of amides is 2. The molecule has 222 valence electrons. The molecule has 0 radical (unpaired) electrons. The summed E-state index contributed by atoms with van der Waals surface area (Å²) < 4.78 is 40.0. The van der Waals surface area contributed by atoms with Crippen LogP contribution in [0.4, 0.5) is 11.4 Å². The normalized spacial score (nSPS) is 14.3. The molecule has 1 aliphatic rings. The van der Waals surface area contributed by atoms with Gasteiger partial charge in [-0.3, -0.25) is 14.3 Å². The molecule has 9 nitrogen and oxygen atoms in total. The average Bonchev–Trinajstić information content (AvgIpc) is 2.99. The highest BCUT2D eigenvalue weighted by molar-refractivity contribution is 7.92. The Morgan fingerprint density at radius 3 is 2.30 bits per heavy atom. The third kappa shape index (κ3) is 7.52. The zero-order valence-corrected chi connectivity index (χ0v) is 24.8. The van der Waals surface area contributed by atoms with Gasteiger partial charge in [0.15, 0.2) is 12.7 Å². The number of hydrogen-bond acceptors (Lipinski definition) is 6. The standard InChI is InChI=1S/C33H33N3O6S/c1-23-18-24(2)20-26(19-23)35-43(39,40)28-14-12-27(13-15-28)41-22-32(37)36-21-31(42-30-11-7-6-10-29(30)36)33(38)34-17-16-25-8-4-3-5-9-25/h3-15,18-20,31,35H,16-17,21-22H2,1-2H3,(H,34,38). The second kappa shape index (κ2) is 13.0. The van der Waals surface area contributed by atoms with Crippen LogP contribution < -0.4 is 24.4 Å². The molecule has 2 N–H and O–H groups in total. The Morgan fingerprint density at radius 2 is 1.58 bits per heavy atom. The fourth-order valence-electron chi connectivity index (χ4n) is 4.88. The van der Waals surface area contributed by atoms with E-state index in [-0.39, 0.29) is 29.9 Å². The smallest absolute Gasteiger partial charge is 0.265 e. The van der Waals surface area contributed by atoms with Crippen molar-refractivity contribution in [1.29, 1.82) is 0 Å². The first kappa shape index (κ1) is 29.7. The topological polar surface area (TPSA) is 114 Å². The number of ether oxygens (including phenoxy) is 2. The molecule has 2 amide bonds. The highest BCUT2D eigenvalue weighted by Crippen LogP contribution is 2.33. The molecule has 0 bridgehead atoms. The second-order valence-corrected chi connectivity index (χ2v) is 12.0. The van der Waals surface area contributed by atoms with Crippen molar-refractivity contribution in [3.05, 3.63) is 114 Å². The molecule has 0 spiro atoms. The maximum atomic E-state index is 13.3. The van der Waals surface area contributed by atoms with Crippen molar-refractivity contribution < 1.29 is 27.5 Å². The molecule has 5 rings (SSSR count). The van der Waals surface area contributed by atoms with Gasteiger partial charge in [-0.2, -0.15) is 0 Å². The van der Waals surface area contributed by atoms with Gasteiger partial charge >= 0.3 is 0 Å². The first-order chi connectivity index (χ1) is 20.7. The molecule has 0 saturated heterocycles. The van der Waals surface area contributed by atoms with Gasteiger partial charge in [-0.25, -0.2) is 8.42 Å². The minimum atomic E-state index is -3.81. The summed E-state index contributed by atoms with van der Waals surface area (Å²) in [5.41, 5.74) is 4.03. The number of nitrogens with zero attached hydrogens (tertiary/aromatic N) is 1. The fourth-order valence-corrected chi connectivity index (χ4v) is 5.92. The molecular formula is C33H33N3O6S. The first-order valence-corrected chi connectivity index (χ1v) is 15.4. The van der Waals surface area contributed by atoms with Crippen LogP contribution in [-0.4, -0.2) is 46.0 Å². The summed E-state index contributed by atoms with van der Waals surface area (Å²) in [6.45, 7) is 3.94. The summed E-state index contributed by atoms with van der Waals surface area (Å²) in [5.74, 6) is 0.0769. The molecule has 43 heavy (non-hydrogen) atoms. The van der Waals surface area contributed by atoms with E-state index in [4.69, 9.17) is 9.47 Å². The number of benzene rings is 4. The highest BCUT2D eigenvalue weighted by Gasteiger charge is 2.33. The van der Waals surface area contributed by atoms with Crippen LogP contribution in [0.5, 0.6) is 11.5 Å². The molecule has 1 aliphatic heterocycles. The van der Waals surface area contributed by atoms with Crippen LogP contribution in [-0.2, 0) is 26.0 Å². The monoisotopic (exact) mass is 599 g/mol. The lowest BCUT2D eigenvalue weighted by Gasteiger charge is -2.34. The molecule has 4 aromatic carbocycles. The number of rotatable bonds is 10. The van der Waals surface area contributed by atoms with Crippen molar-refractivity contribution in [3.8, 4) is 11.5 Å². The Hall–Kier alpha value is -4.83. The number of nitrogens with one attached hydrogen (secondary N) is 2. The van der Waals surface area contributed by atoms with E-state index in [1.807, 2.05) is 50.2 Å². The molecule has 0 fully saturated rings. The number of carbonyl (C=O) groups is 2. The van der Waals surface area contributed by atoms with Crippen molar-refractivity contribution in [1.82, 2.24) is 5.32 Å². The molecule has 1 unspecified atom stereocenters. The third-order valence-corrected chi connectivity index (χ3v) is 8.29. The number of hydrogen-bond donors (Lipinski definition) is 2. The largest absolute Gasteiger partial charge is 0.484 e. The van der Waals surface area contributed by atoms with E-state index in [1.54, 1.807) is 36.4 Å². The number of fused-ring (bicyclic) bond motifs is 1. The number of carbonyl (C=O) groups excluding carboxylic acids is 2. The van der Waals surface area contributed by atoms with Crippen molar-refractivity contribution >= 4 is 33.2 Å². The molecule has 1 atom stereocenters. The van der Waals surface area contributed by atoms with Crippen LogP contribution in [0.15, 0.2) is 102 Å². The summed E-state index contributed by atoms with van der Waals surface area (Å²) in [5, 5.41) is 2.90. The van der Waals surface area contributed by atoms with E-state index in [1.165, 1.54) is 29.2 Å². The van der Waals surface area contributed by atoms with Gasteiger partial charge in [-0.05, 0) is 85.5 Å². The summed E-state index contributed by atoms with van der Waals surface area (Å²) in [7, 11) is -3.81. The predicted molar refractivity (Wildman–Crippen MR) is 165 cm³/mol. The van der Waals surface area contributed by atoms with Crippen molar-refractivity contribution in [3.63, 3.8) is 0 Å². The maximum absolute atomic E-state index is 13.3. The molecule has 0 aromatic heterocycles. The lowest BCUT2D eigenvalue weighted by atomic mass is 10.1. The molecule has 4 aromatic rings. The van der Waals surface area contributed by atoms with Gasteiger partial charge < -0.3 is 19.7 Å². The fraction of sp³-hybridized carbons (Fsp3) is 0.212. The van der Waals surface area contributed by atoms with E-state index in [9.17, 15) is 18.0 Å². The van der Waals surface area contributed by atoms with E-state index in [0.29, 0.717) is 35.8 Å². The number of aryl methyl sites for hydroxylation is 2. The highest BCUT2D eigenvalue weighted by atomic mass is 32.2. The SMILES string of the molecule is Cc1cc(C)cc(NS(=O)(=O)c2ccc(OCC(=O)N3CC(C(=O)NCCc4ccccc4)Oc4ccccc43)cc2)c1. The summed E-state index contributed by atoms with van der Waals surface area (Å²) in [6.07, 6.45) is -0.211. The van der Waals surface area contributed by atoms with Crippen LogP contribution in [0.25, 0.3) is 0 Å². The third-order valence-electron chi connectivity index (χ3n) is 6.89. The lowest BCUT2D eigenvalue weighted by Crippen LogP contribution is -2.52. The van der Waals surface area contributed by atoms with E-state index >= 15 is 0 Å². The number of anilines is 2. The maximum Gasteiger partial charge on any atom is 0.265 e. The summed E-state index contributed by atoms with van der Waals surface area (Å²) in [4.78, 5) is 27.8. The minimum Gasteiger partial charge on any atom is -0.484 e. The van der Waals surface area contributed by atoms with Crippen molar-refractivity contribution in [2.45, 2.75) is 31.3 Å². The van der Waals surface area contributed by atoms with E-state index in [0.717, 1.165) is 16.7 Å². The predicted octanol–water partition coefficient (Wildman–Crippen LogP) is 4.64. The van der Waals surface area contributed by atoms with E-state index < -0.39 is 16.1 Å². The quantitative estimate of drug-likeness (QED) is 0.275. The summed E-state index contributed by atoms with van der Waals surface area (Å²) in [6, 6.07) is 28.2. The van der Waals surface area contributed by atoms with Gasteiger partial charge in [0.1, 0.15) is 11.5 Å². The van der Waals surface area contributed by atoms with Crippen LogP contribution in [0.1, 0.15) is 16.7 Å². The van der Waals surface area contributed by atoms with Crippen LogP contribution in [0.3, 0.4) is 0 Å². The van der Waals surface area contributed by atoms with Crippen LogP contribution in [0, 0.1) is 13.8 Å². The number of para-hydroxylation sites is 2. The van der Waals surface area contributed by atoms with Crippen LogP contribution in [0.2, 0.25) is 0 Å². The van der Waals surface area contributed by atoms with E-state index in [2.05, 4.69) is 10.0 Å². The molecule has 10 heteroatoms. The van der Waals surface area contributed by atoms with Gasteiger partial charge in [0.05, 0.1) is 17.1 Å². The summed E-state index contributed by atoms with van der Waals surface area (Å²) >= 11 is 0. The average molecular weight is 600 g/mol. The van der Waals surface area contributed by atoms with Gasteiger partial charge in [0.25, 0.3) is 21.8 Å². The Morgan fingerprint density at radius 1 is 0.907 bits per heavy atom. The molecule has 0 saturated carbocycles. The first-order valence-electron chi connectivity index (χ1n) is 13.9.